The van der Waals surface area contributed by atoms with Crippen LogP contribution >= 0.6 is 11.6 Å². The highest BCUT2D eigenvalue weighted by atomic mass is 35.5. The van der Waals surface area contributed by atoms with Gasteiger partial charge in [-0.1, -0.05) is 11.6 Å². The molecule has 154 valence electrons. The third-order valence-electron chi connectivity index (χ3n) is 4.99. The minimum absolute atomic E-state index is 0.0211. The van der Waals surface area contributed by atoms with Crippen LogP contribution in [0.5, 0.6) is 5.75 Å². The number of halogens is 1. The molecule has 0 saturated carbocycles. The lowest BCUT2D eigenvalue weighted by Gasteiger charge is -2.32. The normalized spacial score (nSPS) is 14.6. The summed E-state index contributed by atoms with van der Waals surface area (Å²) < 4.78 is 5.57. The van der Waals surface area contributed by atoms with Gasteiger partial charge in [-0.3, -0.25) is 9.59 Å². The maximum atomic E-state index is 12.6. The minimum Gasteiger partial charge on any atom is -0.484 e. The van der Waals surface area contributed by atoms with E-state index in [0.717, 1.165) is 37.3 Å². The number of aryl methyl sites for hydroxylation is 2. The molecule has 0 radical (unpaired) electrons. The smallest absolute Gasteiger partial charge is 0.262 e. The highest BCUT2D eigenvalue weighted by Crippen LogP contribution is 2.25. The van der Waals surface area contributed by atoms with Crippen molar-refractivity contribution < 1.29 is 14.3 Å². The standard InChI is InChI=1S/C22H26ClN3O3/c1-15-12-19(13-16(2)21(15)23)29-14-20(27)24-18-6-4-17(5-7-18)22(28)26-10-8-25(3)9-11-26/h4-7,12-13H,8-11,14H2,1-3H3,(H,24,27). The Morgan fingerprint density at radius 1 is 1.03 bits per heavy atom. The summed E-state index contributed by atoms with van der Waals surface area (Å²) in [5.41, 5.74) is 3.05. The van der Waals surface area contributed by atoms with Gasteiger partial charge in [-0.05, 0) is 68.4 Å². The number of hydrogen-bond donors (Lipinski definition) is 1. The monoisotopic (exact) mass is 415 g/mol. The molecule has 0 aliphatic carbocycles. The van der Waals surface area contributed by atoms with Crippen LogP contribution in [-0.2, 0) is 4.79 Å². The maximum absolute atomic E-state index is 12.6. The Bertz CT molecular complexity index is 868. The van der Waals surface area contributed by atoms with Gasteiger partial charge in [-0.25, -0.2) is 0 Å². The average molecular weight is 416 g/mol. The predicted molar refractivity (Wildman–Crippen MR) is 115 cm³/mol. The summed E-state index contributed by atoms with van der Waals surface area (Å²) in [7, 11) is 2.05. The molecule has 1 heterocycles. The molecule has 1 fully saturated rings. The number of nitrogens with zero attached hydrogens (tertiary/aromatic N) is 2. The van der Waals surface area contributed by atoms with Crippen molar-refractivity contribution in [3.05, 3.63) is 58.1 Å². The first-order chi connectivity index (χ1) is 13.8. The Balaban J connectivity index is 1.52. The van der Waals surface area contributed by atoms with Crippen LogP contribution in [0.3, 0.4) is 0 Å². The number of amides is 2. The Morgan fingerprint density at radius 3 is 2.21 bits per heavy atom. The number of rotatable bonds is 5. The van der Waals surface area contributed by atoms with Gasteiger partial charge in [0.1, 0.15) is 5.75 Å². The van der Waals surface area contributed by atoms with Gasteiger partial charge in [0.25, 0.3) is 11.8 Å². The van der Waals surface area contributed by atoms with Crippen molar-refractivity contribution in [2.75, 3.05) is 45.2 Å². The second-order valence-electron chi connectivity index (χ2n) is 7.38. The molecule has 2 amide bonds. The van der Waals surface area contributed by atoms with Gasteiger partial charge in [0, 0.05) is 42.5 Å². The second kappa shape index (κ2) is 9.29. The zero-order chi connectivity index (χ0) is 21.0. The number of piperazine rings is 1. The van der Waals surface area contributed by atoms with Crippen LogP contribution in [0.4, 0.5) is 5.69 Å². The van der Waals surface area contributed by atoms with Crippen molar-refractivity contribution in [1.82, 2.24) is 9.80 Å². The van der Waals surface area contributed by atoms with Crippen molar-refractivity contribution in [3.8, 4) is 5.75 Å². The molecule has 0 aromatic heterocycles. The average Bonchev–Trinajstić information content (AvgIpc) is 2.71. The van der Waals surface area contributed by atoms with E-state index in [4.69, 9.17) is 16.3 Å². The molecule has 2 aromatic rings. The second-order valence-corrected chi connectivity index (χ2v) is 7.76. The van der Waals surface area contributed by atoms with Crippen molar-refractivity contribution >= 4 is 29.1 Å². The van der Waals surface area contributed by atoms with E-state index in [1.165, 1.54) is 0 Å². The topological polar surface area (TPSA) is 61.9 Å². The quantitative estimate of drug-likeness (QED) is 0.813. The summed E-state index contributed by atoms with van der Waals surface area (Å²) in [5.74, 6) is 0.355. The third kappa shape index (κ3) is 5.49. The molecule has 29 heavy (non-hydrogen) atoms. The molecule has 6 nitrogen and oxygen atoms in total. The summed E-state index contributed by atoms with van der Waals surface area (Å²) in [6.07, 6.45) is 0. The van der Waals surface area contributed by atoms with Crippen molar-refractivity contribution in [2.24, 2.45) is 0 Å². The number of nitrogens with one attached hydrogen (secondary N) is 1. The van der Waals surface area contributed by atoms with E-state index in [9.17, 15) is 9.59 Å². The van der Waals surface area contributed by atoms with E-state index in [1.807, 2.05) is 18.7 Å². The van der Waals surface area contributed by atoms with E-state index < -0.39 is 0 Å². The molecule has 0 spiro atoms. The lowest BCUT2D eigenvalue weighted by molar-refractivity contribution is -0.118. The summed E-state index contributed by atoms with van der Waals surface area (Å²) in [5, 5.41) is 3.48. The van der Waals surface area contributed by atoms with Gasteiger partial charge in [-0.2, -0.15) is 0 Å². The predicted octanol–water partition coefficient (Wildman–Crippen LogP) is 3.36. The molecular formula is C22H26ClN3O3. The molecular weight excluding hydrogens is 390 g/mol. The van der Waals surface area contributed by atoms with Crippen molar-refractivity contribution in [2.45, 2.75) is 13.8 Å². The summed E-state index contributed by atoms with van der Waals surface area (Å²) in [6, 6.07) is 10.6. The van der Waals surface area contributed by atoms with Crippen LogP contribution in [0.25, 0.3) is 0 Å². The number of ether oxygens (including phenoxy) is 1. The molecule has 0 atom stereocenters. The molecule has 3 rings (SSSR count). The molecule has 1 N–H and O–H groups in total. The first-order valence-electron chi connectivity index (χ1n) is 9.61. The molecule has 1 aliphatic heterocycles. The van der Waals surface area contributed by atoms with Gasteiger partial charge in [0.15, 0.2) is 6.61 Å². The van der Waals surface area contributed by atoms with E-state index in [0.29, 0.717) is 22.0 Å². The highest BCUT2D eigenvalue weighted by Gasteiger charge is 2.20. The first kappa shape index (κ1) is 21.1. The van der Waals surface area contributed by atoms with Gasteiger partial charge in [0.05, 0.1) is 0 Å². The van der Waals surface area contributed by atoms with Gasteiger partial charge in [-0.15, -0.1) is 0 Å². The molecule has 2 aromatic carbocycles. The fraction of sp³-hybridized carbons (Fsp3) is 0.364. The minimum atomic E-state index is -0.270. The molecule has 0 unspecified atom stereocenters. The number of benzene rings is 2. The molecule has 1 saturated heterocycles. The number of anilines is 1. The van der Waals surface area contributed by atoms with Crippen LogP contribution in [0.1, 0.15) is 21.5 Å². The van der Waals surface area contributed by atoms with Crippen molar-refractivity contribution in [1.29, 1.82) is 0 Å². The SMILES string of the molecule is Cc1cc(OCC(=O)Nc2ccc(C(=O)N3CCN(C)CC3)cc2)cc(C)c1Cl. The summed E-state index contributed by atoms with van der Waals surface area (Å²) >= 11 is 6.15. The molecule has 1 aliphatic rings. The Hall–Kier alpha value is -2.57. The first-order valence-corrected chi connectivity index (χ1v) is 9.98. The largest absolute Gasteiger partial charge is 0.484 e. The lowest BCUT2D eigenvalue weighted by atomic mass is 10.1. The highest BCUT2D eigenvalue weighted by molar-refractivity contribution is 6.32. The van der Waals surface area contributed by atoms with E-state index in [2.05, 4.69) is 17.3 Å². The van der Waals surface area contributed by atoms with Gasteiger partial charge >= 0.3 is 0 Å². The zero-order valence-electron chi connectivity index (χ0n) is 17.0. The van der Waals surface area contributed by atoms with Crippen LogP contribution in [-0.4, -0.2) is 61.4 Å². The van der Waals surface area contributed by atoms with Gasteiger partial charge in [0.2, 0.25) is 0 Å². The van der Waals surface area contributed by atoms with E-state index >= 15 is 0 Å². The summed E-state index contributed by atoms with van der Waals surface area (Å²) in [4.78, 5) is 28.8. The fourth-order valence-corrected chi connectivity index (χ4v) is 3.33. The van der Waals surface area contributed by atoms with Gasteiger partial charge < -0.3 is 19.9 Å². The van der Waals surface area contributed by atoms with Crippen LogP contribution < -0.4 is 10.1 Å². The van der Waals surface area contributed by atoms with Crippen molar-refractivity contribution in [3.63, 3.8) is 0 Å². The zero-order valence-corrected chi connectivity index (χ0v) is 17.8. The number of carbonyl (C=O) groups excluding carboxylic acids is 2. The fourth-order valence-electron chi connectivity index (χ4n) is 3.22. The van der Waals surface area contributed by atoms with Crippen LogP contribution in [0.15, 0.2) is 36.4 Å². The Morgan fingerprint density at radius 2 is 1.62 bits per heavy atom. The maximum Gasteiger partial charge on any atom is 0.262 e. The Kier molecular flexibility index (Phi) is 6.77. The lowest BCUT2D eigenvalue weighted by Crippen LogP contribution is -2.47. The number of likely N-dealkylation sites (N-methyl/N-ethyl adjacent to an activating group) is 1. The van der Waals surface area contributed by atoms with Crippen LogP contribution in [0.2, 0.25) is 5.02 Å². The number of hydrogen-bond acceptors (Lipinski definition) is 4. The Labute approximate surface area is 176 Å². The molecule has 0 bridgehead atoms. The van der Waals surface area contributed by atoms with E-state index in [-0.39, 0.29) is 18.4 Å². The van der Waals surface area contributed by atoms with Crippen LogP contribution in [0, 0.1) is 13.8 Å². The number of carbonyl (C=O) groups is 2. The molecule has 7 heteroatoms. The third-order valence-corrected chi connectivity index (χ3v) is 5.58. The van der Waals surface area contributed by atoms with E-state index in [1.54, 1.807) is 36.4 Å². The summed E-state index contributed by atoms with van der Waals surface area (Å²) in [6.45, 7) is 6.91.